The first-order valence-corrected chi connectivity index (χ1v) is 16.3. The lowest BCUT2D eigenvalue weighted by Crippen LogP contribution is -2.50. The average Bonchev–Trinajstić information content (AvgIpc) is 3.03. The normalized spacial score (nSPS) is 14.4. The highest BCUT2D eigenvalue weighted by Crippen LogP contribution is 2.36. The molecule has 7 nitrogen and oxygen atoms in total. The van der Waals surface area contributed by atoms with E-state index in [2.05, 4.69) is 86.0 Å². The summed E-state index contributed by atoms with van der Waals surface area (Å²) >= 11 is 6.76. The molecule has 5 rings (SSSR count). The first-order valence-electron chi connectivity index (χ1n) is 15.9. The lowest BCUT2D eigenvalue weighted by atomic mass is 9.93. The van der Waals surface area contributed by atoms with Crippen molar-refractivity contribution in [1.29, 1.82) is 0 Å². The van der Waals surface area contributed by atoms with Crippen LogP contribution in [0.5, 0.6) is 0 Å². The van der Waals surface area contributed by atoms with E-state index in [9.17, 15) is 10.1 Å². The number of non-ortho nitro benzene ring substituents is 1. The van der Waals surface area contributed by atoms with E-state index >= 15 is 0 Å². The number of aliphatic imine (C=N–C) groups is 2. The van der Waals surface area contributed by atoms with Gasteiger partial charge in [0.25, 0.3) is 5.69 Å². The van der Waals surface area contributed by atoms with Gasteiger partial charge in [-0.25, -0.2) is 9.98 Å². The minimum Gasteiger partial charge on any atom is -0.338 e. The number of hydrogen-bond acceptors (Lipinski definition) is 4. The first kappa shape index (κ1) is 32.9. The van der Waals surface area contributed by atoms with E-state index in [1.807, 2.05) is 26.0 Å². The predicted molar refractivity (Wildman–Crippen MR) is 190 cm³/mol. The van der Waals surface area contributed by atoms with Crippen LogP contribution in [0.25, 0.3) is 0 Å². The van der Waals surface area contributed by atoms with Gasteiger partial charge < -0.3 is 9.80 Å². The van der Waals surface area contributed by atoms with Crippen molar-refractivity contribution in [2.75, 3.05) is 19.8 Å². The van der Waals surface area contributed by atoms with Gasteiger partial charge in [0.15, 0.2) is 0 Å². The van der Waals surface area contributed by atoms with Gasteiger partial charge in [0.1, 0.15) is 11.7 Å². The molecular formula is C38H42ClN5O2. The zero-order chi connectivity index (χ0) is 33.0. The van der Waals surface area contributed by atoms with Gasteiger partial charge in [0.05, 0.1) is 28.0 Å². The Hall–Kier alpha value is -4.49. The topological polar surface area (TPSA) is 74.3 Å². The molecule has 0 N–H and O–H groups in total. The van der Waals surface area contributed by atoms with Gasteiger partial charge >= 0.3 is 0 Å². The Balaban J connectivity index is 1.64. The summed E-state index contributed by atoms with van der Waals surface area (Å²) < 4.78 is 0. The van der Waals surface area contributed by atoms with Crippen molar-refractivity contribution in [1.82, 2.24) is 9.80 Å². The van der Waals surface area contributed by atoms with Crippen LogP contribution in [0.1, 0.15) is 79.3 Å². The molecule has 0 radical (unpaired) electrons. The number of rotatable bonds is 7. The van der Waals surface area contributed by atoms with Gasteiger partial charge in [0, 0.05) is 36.3 Å². The van der Waals surface area contributed by atoms with E-state index in [1.165, 1.54) is 23.3 Å². The van der Waals surface area contributed by atoms with E-state index in [0.717, 1.165) is 53.3 Å². The molecule has 4 aromatic carbocycles. The van der Waals surface area contributed by atoms with Crippen LogP contribution in [-0.4, -0.2) is 46.2 Å². The Morgan fingerprint density at radius 3 is 1.83 bits per heavy atom. The third-order valence-electron chi connectivity index (χ3n) is 8.34. The van der Waals surface area contributed by atoms with Crippen molar-refractivity contribution in [3.8, 4) is 0 Å². The monoisotopic (exact) mass is 635 g/mol. The molecule has 1 fully saturated rings. The maximum absolute atomic E-state index is 11.5. The van der Waals surface area contributed by atoms with Crippen LogP contribution in [0, 0.1) is 24.0 Å². The largest absolute Gasteiger partial charge is 0.338 e. The van der Waals surface area contributed by atoms with Crippen molar-refractivity contribution in [2.24, 2.45) is 9.98 Å². The van der Waals surface area contributed by atoms with Crippen LogP contribution in [0.15, 0.2) is 94.9 Å². The van der Waals surface area contributed by atoms with Crippen LogP contribution in [0.4, 0.5) is 17.1 Å². The number of benzene rings is 4. The molecule has 4 aromatic rings. The molecule has 1 heterocycles. The van der Waals surface area contributed by atoms with E-state index in [-0.39, 0.29) is 10.6 Å². The van der Waals surface area contributed by atoms with Crippen molar-refractivity contribution >= 4 is 40.3 Å². The fourth-order valence-corrected chi connectivity index (χ4v) is 6.37. The summed E-state index contributed by atoms with van der Waals surface area (Å²) in [6.45, 7) is 15.0. The van der Waals surface area contributed by atoms with Gasteiger partial charge in [-0.1, -0.05) is 93.9 Å². The predicted octanol–water partition coefficient (Wildman–Crippen LogP) is 9.93. The van der Waals surface area contributed by atoms with Gasteiger partial charge in [-0.2, -0.15) is 0 Å². The third-order valence-corrected chi connectivity index (χ3v) is 8.63. The molecule has 1 saturated heterocycles. The zero-order valence-electron chi connectivity index (χ0n) is 27.5. The fourth-order valence-electron chi connectivity index (χ4n) is 6.00. The molecule has 1 aliphatic rings. The van der Waals surface area contributed by atoms with Gasteiger partial charge in [-0.15, -0.1) is 0 Å². The second-order valence-corrected chi connectivity index (χ2v) is 13.0. The minimum absolute atomic E-state index is 0.0381. The Kier molecular flexibility index (Phi) is 10.2. The Morgan fingerprint density at radius 1 is 0.761 bits per heavy atom. The van der Waals surface area contributed by atoms with Gasteiger partial charge in [0.2, 0.25) is 0 Å². The molecule has 0 bridgehead atoms. The van der Waals surface area contributed by atoms with Crippen molar-refractivity contribution < 1.29 is 4.92 Å². The van der Waals surface area contributed by atoms with Crippen LogP contribution in [-0.2, 0) is 0 Å². The number of halogens is 1. The smallest absolute Gasteiger partial charge is 0.269 e. The Labute approximate surface area is 277 Å². The van der Waals surface area contributed by atoms with E-state index in [4.69, 9.17) is 21.6 Å². The third kappa shape index (κ3) is 7.31. The van der Waals surface area contributed by atoms with Crippen LogP contribution in [0.2, 0.25) is 5.02 Å². The number of nitrogens with zero attached hydrogens (tertiary/aromatic N) is 5. The SMILES string of the molecule is Cc1cc(C)c(N=C(c2ccc([N+](=O)[O-])cc2)N2CCCN(C(=Nc3c(C(C)C)cccc3C(C)C)c3ccccc3)C2)c(Cl)c1. The molecular weight excluding hydrogens is 594 g/mol. The lowest BCUT2D eigenvalue weighted by Gasteiger charge is -2.39. The summed E-state index contributed by atoms with van der Waals surface area (Å²) in [5.41, 5.74) is 8.09. The minimum atomic E-state index is -0.382. The summed E-state index contributed by atoms with van der Waals surface area (Å²) in [4.78, 5) is 26.3. The first-order chi connectivity index (χ1) is 22.0. The molecule has 0 saturated carbocycles. The quantitative estimate of drug-likeness (QED) is 0.0876. The Bertz CT molecular complexity index is 1710. The molecule has 0 atom stereocenters. The second kappa shape index (κ2) is 14.3. The van der Waals surface area contributed by atoms with Crippen molar-refractivity contribution in [2.45, 2.75) is 59.8 Å². The van der Waals surface area contributed by atoms with Crippen LogP contribution in [0.3, 0.4) is 0 Å². The molecule has 0 aromatic heterocycles. The number of nitro groups is 1. The van der Waals surface area contributed by atoms with Gasteiger partial charge in [-0.05, 0) is 72.6 Å². The molecule has 0 spiro atoms. The van der Waals surface area contributed by atoms with Crippen molar-refractivity contribution in [3.63, 3.8) is 0 Å². The number of amidine groups is 2. The zero-order valence-corrected chi connectivity index (χ0v) is 28.3. The van der Waals surface area contributed by atoms with E-state index in [1.54, 1.807) is 12.1 Å². The standard InChI is InChI=1S/C38H42ClN5O2/c1-25(2)32-14-10-15-33(26(3)4)36(32)41-37(29-12-8-7-9-13-29)42-20-11-21-43(24-42)38(30-16-18-31(19-17-30)44(45)46)40-35-28(6)22-27(5)23-34(35)39/h7-10,12-19,22-23,25-26H,11,20-21,24H2,1-6H3. The molecule has 1 aliphatic heterocycles. The maximum Gasteiger partial charge on any atom is 0.269 e. The summed E-state index contributed by atoms with van der Waals surface area (Å²) in [5, 5.41) is 12.0. The van der Waals surface area contributed by atoms with Crippen molar-refractivity contribution in [3.05, 3.63) is 133 Å². The maximum atomic E-state index is 11.5. The fraction of sp³-hybridized carbons (Fsp3) is 0.316. The number of aryl methyl sites for hydroxylation is 2. The molecule has 0 amide bonds. The van der Waals surface area contributed by atoms with Crippen LogP contribution < -0.4 is 0 Å². The molecule has 238 valence electrons. The highest BCUT2D eigenvalue weighted by atomic mass is 35.5. The average molecular weight is 636 g/mol. The highest BCUT2D eigenvalue weighted by molar-refractivity contribution is 6.33. The molecule has 0 unspecified atom stereocenters. The lowest BCUT2D eigenvalue weighted by molar-refractivity contribution is -0.384. The van der Waals surface area contributed by atoms with E-state index < -0.39 is 0 Å². The molecule has 46 heavy (non-hydrogen) atoms. The Morgan fingerprint density at radius 2 is 1.30 bits per heavy atom. The van der Waals surface area contributed by atoms with Gasteiger partial charge in [-0.3, -0.25) is 10.1 Å². The summed E-state index contributed by atoms with van der Waals surface area (Å²) in [5.74, 6) is 2.26. The number of para-hydroxylation sites is 1. The summed E-state index contributed by atoms with van der Waals surface area (Å²) in [6, 6.07) is 27.5. The number of hydrogen-bond donors (Lipinski definition) is 0. The second-order valence-electron chi connectivity index (χ2n) is 12.6. The summed E-state index contributed by atoms with van der Waals surface area (Å²) in [7, 11) is 0. The molecule has 8 heteroatoms. The molecule has 0 aliphatic carbocycles. The number of nitro benzene ring substituents is 1. The highest BCUT2D eigenvalue weighted by Gasteiger charge is 2.27. The van der Waals surface area contributed by atoms with Crippen LogP contribution >= 0.6 is 11.6 Å². The van der Waals surface area contributed by atoms with E-state index in [0.29, 0.717) is 35.1 Å². The summed E-state index contributed by atoms with van der Waals surface area (Å²) in [6.07, 6.45) is 0.876.